The highest BCUT2D eigenvalue weighted by atomic mass is 19.1. The van der Waals surface area contributed by atoms with E-state index in [1.807, 2.05) is 20.0 Å². The van der Waals surface area contributed by atoms with E-state index in [2.05, 4.69) is 64.6 Å². The van der Waals surface area contributed by atoms with E-state index in [1.54, 1.807) is 25.3 Å². The molecule has 2 aromatic carbocycles. The monoisotopic (exact) mass is 527 g/mol. The number of benzene rings is 2. The second-order valence-corrected chi connectivity index (χ2v) is 11.9. The third-order valence-corrected chi connectivity index (χ3v) is 7.25. The molecule has 0 amide bonds. The molecule has 5 N–H and O–H groups in total. The van der Waals surface area contributed by atoms with Crippen molar-refractivity contribution < 1.29 is 9.50 Å². The lowest BCUT2D eigenvalue weighted by atomic mass is 9.69. The Labute approximate surface area is 229 Å². The van der Waals surface area contributed by atoms with Crippen molar-refractivity contribution >= 4 is 30.1 Å². The van der Waals surface area contributed by atoms with Crippen LogP contribution in [0.3, 0.4) is 0 Å². The van der Waals surface area contributed by atoms with Crippen molar-refractivity contribution in [1.82, 2.24) is 21.0 Å². The highest BCUT2D eigenvalue weighted by molar-refractivity contribution is 6.19. The molecule has 39 heavy (non-hydrogen) atoms. The molecule has 5 rings (SSSR count). The van der Waals surface area contributed by atoms with Gasteiger partial charge in [0.1, 0.15) is 19.7 Å². The van der Waals surface area contributed by atoms with E-state index >= 15 is 0 Å². The lowest BCUT2D eigenvalue weighted by Gasteiger charge is -2.34. The van der Waals surface area contributed by atoms with Gasteiger partial charge in [-0.3, -0.25) is 9.99 Å². The number of nitrogens with one attached hydrogen (secondary N) is 4. The summed E-state index contributed by atoms with van der Waals surface area (Å²) in [5, 5.41) is 30.6. The van der Waals surface area contributed by atoms with Crippen molar-refractivity contribution in [2.45, 2.75) is 58.1 Å². The highest BCUT2D eigenvalue weighted by Gasteiger charge is 2.38. The molecule has 1 saturated carbocycles. The van der Waals surface area contributed by atoms with Crippen LogP contribution in [-0.4, -0.2) is 35.5 Å². The Morgan fingerprint density at radius 1 is 1.26 bits per heavy atom. The summed E-state index contributed by atoms with van der Waals surface area (Å²) < 4.78 is 13.9. The number of rotatable bonds is 8. The number of nitriles is 1. The van der Waals surface area contributed by atoms with E-state index in [-0.39, 0.29) is 11.2 Å². The summed E-state index contributed by atoms with van der Waals surface area (Å²) in [7, 11) is 2.03. The minimum absolute atomic E-state index is 0.0204. The molecule has 2 heterocycles. The van der Waals surface area contributed by atoms with Crippen LogP contribution >= 0.6 is 0 Å². The number of hydrogen-bond donors (Lipinski definition) is 5. The van der Waals surface area contributed by atoms with Gasteiger partial charge < -0.3 is 21.2 Å². The zero-order valence-corrected chi connectivity index (χ0v) is 23.1. The molecule has 202 valence electrons. The quantitative estimate of drug-likeness (QED) is 0.280. The van der Waals surface area contributed by atoms with Crippen molar-refractivity contribution in [2.24, 2.45) is 5.41 Å². The molecule has 0 radical (unpaired) electrons. The van der Waals surface area contributed by atoms with Crippen LogP contribution in [0.5, 0.6) is 0 Å². The number of nitrogens with zero attached hydrogens (tertiary/aromatic N) is 3. The van der Waals surface area contributed by atoms with Crippen molar-refractivity contribution in [1.29, 1.82) is 5.26 Å². The Bertz CT molecular complexity index is 1460. The summed E-state index contributed by atoms with van der Waals surface area (Å²) in [6.45, 7) is 8.73. The van der Waals surface area contributed by atoms with E-state index in [4.69, 9.17) is 0 Å². The number of hydrazine groups is 2. The first-order chi connectivity index (χ1) is 18.5. The smallest absolute Gasteiger partial charge is 0.148 e. The molecule has 0 saturated heterocycles. The predicted octanol–water partition coefficient (Wildman–Crippen LogP) is 3.98. The van der Waals surface area contributed by atoms with Gasteiger partial charge in [0.15, 0.2) is 0 Å². The summed E-state index contributed by atoms with van der Waals surface area (Å²) in [6, 6.07) is 13.0. The van der Waals surface area contributed by atoms with Gasteiger partial charge in [-0.25, -0.2) is 4.39 Å². The van der Waals surface area contributed by atoms with Gasteiger partial charge in [0.2, 0.25) is 0 Å². The highest BCUT2D eigenvalue weighted by Crippen LogP contribution is 2.38. The van der Waals surface area contributed by atoms with Crippen molar-refractivity contribution in [3.8, 4) is 6.07 Å². The second kappa shape index (κ2) is 10.1. The van der Waals surface area contributed by atoms with Gasteiger partial charge in [-0.05, 0) is 55.0 Å². The lowest BCUT2D eigenvalue weighted by molar-refractivity contribution is 0.200. The zero-order chi connectivity index (χ0) is 27.9. The van der Waals surface area contributed by atoms with Crippen molar-refractivity contribution in [3.05, 3.63) is 77.0 Å². The average molecular weight is 527 g/mol. The number of halogens is 1. The fourth-order valence-corrected chi connectivity index (χ4v) is 4.85. The van der Waals surface area contributed by atoms with Crippen molar-refractivity contribution in [2.75, 3.05) is 17.2 Å². The van der Waals surface area contributed by atoms with E-state index < -0.39 is 11.5 Å². The summed E-state index contributed by atoms with van der Waals surface area (Å²) in [5.41, 5.74) is 10.6. The van der Waals surface area contributed by atoms with Crippen LogP contribution in [0.4, 0.5) is 15.8 Å². The molecular weight excluding hydrogens is 492 g/mol. The SMILES string of the molecule is BC(Nc1cc(C(C)O)c2ncc(C#N)c(NCC(C)(C)C)c2c1)(C1=CN(C2CC2)NN1)c1ccc(F)cc1. The number of anilines is 2. The van der Waals surface area contributed by atoms with Crippen molar-refractivity contribution in [3.63, 3.8) is 0 Å². The third kappa shape index (κ3) is 5.51. The Morgan fingerprint density at radius 3 is 2.59 bits per heavy atom. The number of aliphatic hydroxyl groups excluding tert-OH is 1. The van der Waals surface area contributed by atoms with E-state index in [0.29, 0.717) is 34.9 Å². The molecule has 0 spiro atoms. The van der Waals surface area contributed by atoms with E-state index in [0.717, 1.165) is 35.2 Å². The van der Waals surface area contributed by atoms with E-state index in [1.165, 1.54) is 12.1 Å². The minimum Gasteiger partial charge on any atom is -0.389 e. The molecule has 2 atom stereocenters. The Morgan fingerprint density at radius 2 is 1.97 bits per heavy atom. The third-order valence-electron chi connectivity index (χ3n) is 7.25. The summed E-state index contributed by atoms with van der Waals surface area (Å²) >= 11 is 0. The maximum atomic E-state index is 13.9. The standard InChI is InChI=1S/C29H35BFN7O/c1-17(39)23-11-21(12-24-26(34-16-28(2,3)4)18(13-32)14-33-27(23)24)35-29(30,19-5-7-20(31)8-6-19)25-15-38(37-36-25)22-9-10-22/h5-8,11-12,14-15,17,22,35-37,39H,9-10,16,30H2,1-4H3,(H,33,34). The minimum atomic E-state index is -0.793. The van der Waals surface area contributed by atoms with Gasteiger partial charge in [-0.1, -0.05) is 32.9 Å². The maximum Gasteiger partial charge on any atom is 0.148 e. The van der Waals surface area contributed by atoms with Gasteiger partial charge >= 0.3 is 0 Å². The number of pyridine rings is 1. The van der Waals surface area contributed by atoms with Crippen LogP contribution in [-0.2, 0) is 5.44 Å². The Hall–Kier alpha value is -3.81. The lowest BCUT2D eigenvalue weighted by Crippen LogP contribution is -2.45. The molecule has 1 aromatic heterocycles. The van der Waals surface area contributed by atoms with Gasteiger partial charge in [0, 0.05) is 41.6 Å². The number of hydrogen-bond acceptors (Lipinski definition) is 8. The molecule has 1 aliphatic carbocycles. The number of aliphatic hydroxyl groups is 1. The first-order valence-corrected chi connectivity index (χ1v) is 13.3. The fourth-order valence-electron chi connectivity index (χ4n) is 4.85. The number of fused-ring (bicyclic) bond motifs is 1. The van der Waals surface area contributed by atoms with Gasteiger partial charge in [-0.2, -0.15) is 5.26 Å². The Kier molecular flexibility index (Phi) is 6.91. The Balaban J connectivity index is 1.64. The maximum absolute atomic E-state index is 13.9. The molecule has 1 aliphatic heterocycles. The second-order valence-electron chi connectivity index (χ2n) is 11.9. The molecule has 10 heteroatoms. The van der Waals surface area contributed by atoms with Gasteiger partial charge in [0.25, 0.3) is 0 Å². The number of aromatic nitrogens is 1. The predicted molar refractivity (Wildman–Crippen MR) is 154 cm³/mol. The van der Waals surface area contributed by atoms with Crippen LogP contribution in [0, 0.1) is 22.6 Å². The first kappa shape index (κ1) is 26.8. The first-order valence-electron chi connectivity index (χ1n) is 13.3. The van der Waals surface area contributed by atoms with Gasteiger partial charge in [0.05, 0.1) is 34.0 Å². The van der Waals surface area contributed by atoms with E-state index in [9.17, 15) is 14.8 Å². The summed E-state index contributed by atoms with van der Waals surface area (Å²) in [5.74, 6) is -0.307. The topological polar surface area (TPSA) is 108 Å². The van der Waals surface area contributed by atoms with Crippen LogP contribution in [0.1, 0.15) is 63.3 Å². The molecular formula is C29H35BFN7O. The van der Waals surface area contributed by atoms with Crippen LogP contribution in [0.2, 0.25) is 0 Å². The normalized spacial score (nSPS) is 17.7. The zero-order valence-electron chi connectivity index (χ0n) is 23.1. The molecule has 3 aromatic rings. The molecule has 2 unspecified atom stereocenters. The molecule has 2 aliphatic rings. The van der Waals surface area contributed by atoms with Gasteiger partial charge in [-0.15, -0.1) is 5.53 Å². The molecule has 1 fully saturated rings. The van der Waals surface area contributed by atoms with Crippen LogP contribution in [0.15, 0.2) is 54.5 Å². The average Bonchev–Trinajstić information content (AvgIpc) is 3.62. The summed E-state index contributed by atoms with van der Waals surface area (Å²) in [4.78, 5) is 4.57. The summed E-state index contributed by atoms with van der Waals surface area (Å²) in [6.07, 6.45) is 5.06. The largest absolute Gasteiger partial charge is 0.389 e. The molecule has 0 bridgehead atoms. The van der Waals surface area contributed by atoms with Crippen LogP contribution < -0.4 is 21.6 Å². The molecule has 8 nitrogen and oxygen atoms in total. The fraction of sp³-hybridized carbons (Fsp3) is 0.379. The van der Waals surface area contributed by atoms with Crippen LogP contribution in [0.25, 0.3) is 10.9 Å².